The molecule has 38 heavy (non-hydrogen) atoms. The molecule has 0 amide bonds. The second kappa shape index (κ2) is 10.9. The van der Waals surface area contributed by atoms with Gasteiger partial charge in [0.15, 0.2) is 5.83 Å². The van der Waals surface area contributed by atoms with Crippen LogP contribution in [0.15, 0.2) is 57.1 Å². The van der Waals surface area contributed by atoms with Gasteiger partial charge in [-0.3, -0.25) is 18.6 Å². The first kappa shape index (κ1) is 27.8. The van der Waals surface area contributed by atoms with Crippen molar-refractivity contribution in [2.24, 2.45) is 18.0 Å². The van der Waals surface area contributed by atoms with Gasteiger partial charge in [0, 0.05) is 36.7 Å². The fourth-order valence-electron chi connectivity index (χ4n) is 4.83. The van der Waals surface area contributed by atoms with E-state index in [1.54, 1.807) is 33.0 Å². The van der Waals surface area contributed by atoms with Crippen molar-refractivity contribution in [2.45, 2.75) is 44.4 Å². The zero-order chi connectivity index (χ0) is 27.9. The fourth-order valence-corrected chi connectivity index (χ4v) is 5.74. The van der Waals surface area contributed by atoms with E-state index in [9.17, 15) is 9.00 Å². The molecule has 2 heterocycles. The van der Waals surface area contributed by atoms with Crippen LogP contribution in [0.1, 0.15) is 53.9 Å². The number of benzene rings is 1. The highest BCUT2D eigenvalue weighted by Crippen LogP contribution is 2.61. The molecule has 4 atom stereocenters. The van der Waals surface area contributed by atoms with Crippen molar-refractivity contribution >= 4 is 34.3 Å². The van der Waals surface area contributed by atoms with Gasteiger partial charge in [0.25, 0.3) is 5.56 Å². The molecular formula is C27H28ClF2N5O2S. The summed E-state index contributed by atoms with van der Waals surface area (Å²) < 4.78 is 43.8. The molecule has 0 aliphatic heterocycles. The molecule has 4 rings (SSSR count). The maximum absolute atomic E-state index is 15.7. The van der Waals surface area contributed by atoms with E-state index in [4.69, 9.17) is 11.6 Å². The number of nitrogens with zero attached hydrogens (tertiary/aromatic N) is 5. The number of aryl methyl sites for hydroxylation is 3. The fraction of sp³-hybridized carbons (Fsp3) is 0.333. The van der Waals surface area contributed by atoms with Gasteiger partial charge in [0.1, 0.15) is 16.6 Å². The van der Waals surface area contributed by atoms with Crippen molar-refractivity contribution in [3.8, 4) is 0 Å². The van der Waals surface area contributed by atoms with Crippen LogP contribution in [0.4, 0.5) is 8.78 Å². The molecule has 1 aromatic carbocycles. The summed E-state index contributed by atoms with van der Waals surface area (Å²) in [5.74, 6) is -1.55. The van der Waals surface area contributed by atoms with Crippen molar-refractivity contribution < 1.29 is 13.0 Å². The van der Waals surface area contributed by atoms with Crippen molar-refractivity contribution in [3.05, 3.63) is 91.8 Å². The minimum absolute atomic E-state index is 0.0120. The van der Waals surface area contributed by atoms with E-state index >= 15 is 8.78 Å². The zero-order valence-electron chi connectivity index (χ0n) is 21.9. The van der Waals surface area contributed by atoms with Gasteiger partial charge in [-0.15, -0.1) is 0 Å². The second-order valence-electron chi connectivity index (χ2n) is 9.31. The molecule has 2 aromatic heterocycles. The van der Waals surface area contributed by atoms with Crippen molar-refractivity contribution in [1.82, 2.24) is 19.6 Å². The molecule has 0 saturated heterocycles. The van der Waals surface area contributed by atoms with Crippen LogP contribution in [0.25, 0.3) is 6.20 Å². The molecule has 3 unspecified atom stereocenters. The molecule has 0 N–H and O–H groups in total. The van der Waals surface area contributed by atoms with Crippen LogP contribution < -0.4 is 5.56 Å². The van der Waals surface area contributed by atoms with Gasteiger partial charge in [0.2, 0.25) is 0 Å². The number of pyridine rings is 1. The summed E-state index contributed by atoms with van der Waals surface area (Å²) >= 11 is 6.55. The molecular weight excluding hydrogens is 532 g/mol. The van der Waals surface area contributed by atoms with Gasteiger partial charge in [0.05, 0.1) is 33.3 Å². The Morgan fingerprint density at radius 2 is 1.95 bits per heavy atom. The Morgan fingerprint density at radius 3 is 2.55 bits per heavy atom. The lowest BCUT2D eigenvalue weighted by Gasteiger charge is -2.12. The summed E-state index contributed by atoms with van der Waals surface area (Å²) in [7, 11) is 0.131. The first-order chi connectivity index (χ1) is 18.0. The number of halogens is 3. The third kappa shape index (κ3) is 5.07. The number of hydrogen-bond donors (Lipinski definition) is 0. The van der Waals surface area contributed by atoms with Gasteiger partial charge < -0.3 is 0 Å². The monoisotopic (exact) mass is 559 g/mol. The highest BCUT2D eigenvalue weighted by molar-refractivity contribution is 7.84. The molecule has 0 bridgehead atoms. The number of rotatable bonds is 7. The van der Waals surface area contributed by atoms with Crippen LogP contribution in [-0.4, -0.2) is 35.7 Å². The van der Waals surface area contributed by atoms with Crippen LogP contribution in [-0.2, 0) is 17.8 Å². The van der Waals surface area contributed by atoms with Crippen LogP contribution in [0.3, 0.4) is 0 Å². The normalized spacial score (nSPS) is 20.8. The average molecular weight is 560 g/mol. The van der Waals surface area contributed by atoms with Gasteiger partial charge in [-0.05, 0) is 56.4 Å². The lowest BCUT2D eigenvalue weighted by molar-refractivity contribution is 0.591. The zero-order valence-corrected chi connectivity index (χ0v) is 23.4. The Bertz CT molecular complexity index is 1590. The second-order valence-corrected chi connectivity index (χ2v) is 11.0. The Morgan fingerprint density at radius 1 is 1.24 bits per heavy atom. The largest absolute Gasteiger partial charge is 0.284 e. The summed E-state index contributed by atoms with van der Waals surface area (Å²) in [6, 6.07) is 5.95. The van der Waals surface area contributed by atoms with E-state index in [0.29, 0.717) is 11.3 Å². The molecule has 3 aromatic rings. The third-order valence-electron chi connectivity index (χ3n) is 6.73. The summed E-state index contributed by atoms with van der Waals surface area (Å²) in [4.78, 5) is 18.8. The van der Waals surface area contributed by atoms with Crippen LogP contribution >= 0.6 is 11.6 Å². The number of allylic oxidation sites excluding steroid dienone is 2. The molecule has 1 saturated carbocycles. The molecule has 1 aliphatic carbocycles. The van der Waals surface area contributed by atoms with Gasteiger partial charge in [-0.25, -0.2) is 8.78 Å². The number of hydrogen-bond acceptors (Lipinski definition) is 5. The number of aliphatic imine (C=N–C) groups is 1. The van der Waals surface area contributed by atoms with E-state index in [-0.39, 0.29) is 38.9 Å². The van der Waals surface area contributed by atoms with E-state index in [2.05, 4.69) is 22.1 Å². The van der Waals surface area contributed by atoms with Crippen molar-refractivity contribution in [1.29, 1.82) is 0 Å². The topological polar surface area (TPSA) is 82.1 Å². The van der Waals surface area contributed by atoms with Gasteiger partial charge in [-0.1, -0.05) is 30.7 Å². The van der Waals surface area contributed by atoms with E-state index in [1.807, 2.05) is 6.92 Å². The van der Waals surface area contributed by atoms with E-state index < -0.39 is 28.0 Å². The Balaban J connectivity index is 1.77. The molecule has 1 aliphatic rings. The van der Waals surface area contributed by atoms with Crippen LogP contribution in [0.2, 0.25) is 5.02 Å². The van der Waals surface area contributed by atoms with Gasteiger partial charge in [-0.2, -0.15) is 15.0 Å². The number of aromatic nitrogens is 4. The Labute approximate surface area is 227 Å². The SMILES string of the molecule is C/C=C/N=C(/C(F)=C/n1c(C)cc(C2C(c3nn(C)nc3C)[C@H]2C)c(Cl)c1=O)c1cccc(S(C)=O)c1F. The van der Waals surface area contributed by atoms with E-state index in [0.717, 1.165) is 22.2 Å². The first-order valence-electron chi connectivity index (χ1n) is 12.0. The molecule has 11 heteroatoms. The maximum Gasteiger partial charge on any atom is 0.273 e. The Kier molecular flexibility index (Phi) is 7.94. The smallest absolute Gasteiger partial charge is 0.273 e. The molecule has 1 fully saturated rings. The standard InChI is InChI=1S/C27H28ClF2N5O2S/c1-7-11-31-26(17-9-8-10-20(24(17)30)38(6)37)19(29)13-35-14(2)12-18(23(28)27(35)36)21-15(3)22(21)25-16(4)32-34(5)33-25/h7-13,15,21-22H,1-6H3/b11-7+,19-13-,31-26+/t15-,21?,22?,38?/m0/s1. The Hall–Kier alpha value is -3.24. The third-order valence-corrected chi connectivity index (χ3v) is 8.04. The predicted octanol–water partition coefficient (Wildman–Crippen LogP) is 5.43. The van der Waals surface area contributed by atoms with Crippen molar-refractivity contribution in [2.75, 3.05) is 6.26 Å². The van der Waals surface area contributed by atoms with Gasteiger partial charge >= 0.3 is 0 Å². The molecule has 200 valence electrons. The molecule has 7 nitrogen and oxygen atoms in total. The summed E-state index contributed by atoms with van der Waals surface area (Å²) in [6.45, 7) is 7.31. The highest BCUT2D eigenvalue weighted by atomic mass is 35.5. The first-order valence-corrected chi connectivity index (χ1v) is 13.9. The molecule has 0 radical (unpaired) electrons. The minimum Gasteiger partial charge on any atom is -0.284 e. The summed E-state index contributed by atoms with van der Waals surface area (Å²) in [6.07, 6.45) is 5.15. The minimum atomic E-state index is -1.63. The van der Waals surface area contributed by atoms with E-state index in [1.165, 1.54) is 35.5 Å². The van der Waals surface area contributed by atoms with Crippen molar-refractivity contribution in [3.63, 3.8) is 0 Å². The van der Waals surface area contributed by atoms with Crippen LogP contribution in [0, 0.1) is 25.6 Å². The molecule has 0 spiro atoms. The summed E-state index contributed by atoms with van der Waals surface area (Å²) in [5, 5.41) is 8.79. The average Bonchev–Trinajstić information content (AvgIpc) is 3.40. The highest BCUT2D eigenvalue weighted by Gasteiger charge is 2.52. The van der Waals surface area contributed by atoms with Crippen LogP contribution in [0.5, 0.6) is 0 Å². The summed E-state index contributed by atoms with van der Waals surface area (Å²) in [5.41, 5.74) is 1.71. The lowest BCUT2D eigenvalue weighted by Crippen LogP contribution is -2.21. The quantitative estimate of drug-likeness (QED) is 0.361. The maximum atomic E-state index is 15.7. The predicted molar refractivity (Wildman–Crippen MR) is 146 cm³/mol. The lowest BCUT2D eigenvalue weighted by atomic mass is 10.1.